The third-order valence-electron chi connectivity index (χ3n) is 3.73. The molecule has 0 aliphatic rings. The highest BCUT2D eigenvalue weighted by Gasteiger charge is 2.00. The van der Waals surface area contributed by atoms with E-state index in [1.54, 1.807) is 0 Å². The van der Waals surface area contributed by atoms with Gasteiger partial charge in [-0.25, -0.2) is 0 Å². The van der Waals surface area contributed by atoms with E-state index >= 15 is 0 Å². The van der Waals surface area contributed by atoms with Crippen LogP contribution in [0.2, 0.25) is 0 Å². The molecule has 0 aliphatic carbocycles. The summed E-state index contributed by atoms with van der Waals surface area (Å²) in [6.07, 6.45) is 0. The molecule has 116 valence electrons. The van der Waals surface area contributed by atoms with E-state index < -0.39 is 0 Å². The van der Waals surface area contributed by atoms with Gasteiger partial charge in [0.05, 0.1) is 0 Å². The van der Waals surface area contributed by atoms with Gasteiger partial charge in [-0.15, -0.1) is 0 Å². The predicted octanol–water partition coefficient (Wildman–Crippen LogP) is 5.15. The summed E-state index contributed by atoms with van der Waals surface area (Å²) in [4.78, 5) is 0. The van der Waals surface area contributed by atoms with Crippen LogP contribution in [0, 0.1) is 6.92 Å². The Morgan fingerprint density at radius 2 is 1.17 bits per heavy atom. The molecule has 0 spiro atoms. The molecule has 3 aromatic rings. The van der Waals surface area contributed by atoms with E-state index in [0.29, 0.717) is 13.2 Å². The second-order valence-electron chi connectivity index (χ2n) is 5.46. The Labute approximate surface area is 137 Å². The summed E-state index contributed by atoms with van der Waals surface area (Å²) in [5, 5.41) is 0. The molecule has 23 heavy (non-hydrogen) atoms. The Hall–Kier alpha value is -2.74. The Kier molecular flexibility index (Phi) is 4.95. The molecule has 0 atom stereocenters. The lowest BCUT2D eigenvalue weighted by Gasteiger charge is -2.10. The Morgan fingerprint density at radius 3 is 1.83 bits per heavy atom. The van der Waals surface area contributed by atoms with Crippen LogP contribution in [0.25, 0.3) is 0 Å². The van der Waals surface area contributed by atoms with Crippen molar-refractivity contribution in [3.8, 4) is 11.5 Å². The minimum atomic E-state index is 0.574. The molecule has 2 nitrogen and oxygen atoms in total. The number of aryl methyl sites for hydroxylation is 1. The lowest BCUT2D eigenvalue weighted by molar-refractivity contribution is 0.297. The highest BCUT2D eigenvalue weighted by atomic mass is 16.5. The fraction of sp³-hybridized carbons (Fsp3) is 0.143. The van der Waals surface area contributed by atoms with Crippen molar-refractivity contribution in [3.05, 3.63) is 95.6 Å². The van der Waals surface area contributed by atoms with Crippen molar-refractivity contribution >= 4 is 0 Å². The molecule has 0 fully saturated rings. The topological polar surface area (TPSA) is 18.5 Å². The van der Waals surface area contributed by atoms with Crippen molar-refractivity contribution < 1.29 is 9.47 Å². The first-order chi connectivity index (χ1) is 11.3. The average Bonchev–Trinajstić information content (AvgIpc) is 2.61. The Bertz CT molecular complexity index is 733. The van der Waals surface area contributed by atoms with Crippen molar-refractivity contribution in [2.75, 3.05) is 0 Å². The van der Waals surface area contributed by atoms with E-state index in [4.69, 9.17) is 9.47 Å². The fourth-order valence-electron chi connectivity index (χ4n) is 2.31. The number of hydrogen-bond donors (Lipinski definition) is 0. The maximum absolute atomic E-state index is 5.84. The van der Waals surface area contributed by atoms with Gasteiger partial charge in [0.15, 0.2) is 0 Å². The maximum Gasteiger partial charge on any atom is 0.120 e. The SMILES string of the molecule is Cc1ccccc1COc1ccc(OCc2ccccc2)cc1. The number of rotatable bonds is 6. The van der Waals surface area contributed by atoms with Gasteiger partial charge in [0.25, 0.3) is 0 Å². The van der Waals surface area contributed by atoms with Gasteiger partial charge in [0.1, 0.15) is 24.7 Å². The van der Waals surface area contributed by atoms with Gasteiger partial charge in [-0.3, -0.25) is 0 Å². The van der Waals surface area contributed by atoms with E-state index in [-0.39, 0.29) is 0 Å². The van der Waals surface area contributed by atoms with E-state index in [9.17, 15) is 0 Å². The standard InChI is InChI=1S/C21H20O2/c1-17-7-5-6-10-19(17)16-23-21-13-11-20(12-14-21)22-15-18-8-3-2-4-9-18/h2-14H,15-16H2,1H3. The number of benzene rings is 3. The van der Waals surface area contributed by atoms with Crippen LogP contribution in [-0.2, 0) is 13.2 Å². The van der Waals surface area contributed by atoms with Crippen LogP contribution in [0.15, 0.2) is 78.9 Å². The summed E-state index contributed by atoms with van der Waals surface area (Å²) < 4.78 is 11.6. The molecule has 2 heteroatoms. The normalized spacial score (nSPS) is 10.3. The summed E-state index contributed by atoms with van der Waals surface area (Å²) in [5.74, 6) is 1.69. The number of ether oxygens (including phenoxy) is 2. The molecule has 0 heterocycles. The van der Waals surface area contributed by atoms with Crippen LogP contribution in [0.1, 0.15) is 16.7 Å². The van der Waals surface area contributed by atoms with E-state index in [2.05, 4.69) is 31.2 Å². The van der Waals surface area contributed by atoms with Crippen molar-refractivity contribution in [1.29, 1.82) is 0 Å². The second kappa shape index (κ2) is 7.50. The fourth-order valence-corrected chi connectivity index (χ4v) is 2.31. The molecular formula is C21H20O2. The first kappa shape index (κ1) is 15.2. The molecule has 0 saturated heterocycles. The van der Waals surface area contributed by atoms with Gasteiger partial charge >= 0.3 is 0 Å². The largest absolute Gasteiger partial charge is 0.489 e. The summed E-state index contributed by atoms with van der Waals surface area (Å²) in [6.45, 7) is 3.25. The monoisotopic (exact) mass is 304 g/mol. The summed E-state index contributed by atoms with van der Waals surface area (Å²) in [7, 11) is 0. The van der Waals surface area contributed by atoms with Gasteiger partial charge in [-0.2, -0.15) is 0 Å². The molecule has 0 radical (unpaired) electrons. The molecule has 0 bridgehead atoms. The van der Waals surface area contributed by atoms with Gasteiger partial charge < -0.3 is 9.47 Å². The Balaban J connectivity index is 1.54. The quantitative estimate of drug-likeness (QED) is 0.627. The predicted molar refractivity (Wildman–Crippen MR) is 92.7 cm³/mol. The van der Waals surface area contributed by atoms with Crippen molar-refractivity contribution in [3.63, 3.8) is 0 Å². The summed E-state index contributed by atoms with van der Waals surface area (Å²) >= 11 is 0. The van der Waals surface area contributed by atoms with Crippen molar-refractivity contribution in [1.82, 2.24) is 0 Å². The van der Waals surface area contributed by atoms with Crippen LogP contribution in [0.5, 0.6) is 11.5 Å². The number of hydrogen-bond acceptors (Lipinski definition) is 2. The molecule has 0 amide bonds. The van der Waals surface area contributed by atoms with E-state index in [1.807, 2.05) is 54.6 Å². The lowest BCUT2D eigenvalue weighted by atomic mass is 10.1. The van der Waals surface area contributed by atoms with Crippen LogP contribution in [0.4, 0.5) is 0 Å². The van der Waals surface area contributed by atoms with Crippen LogP contribution in [-0.4, -0.2) is 0 Å². The van der Waals surface area contributed by atoms with Gasteiger partial charge in [-0.05, 0) is 47.9 Å². The Morgan fingerprint density at radius 1 is 0.609 bits per heavy atom. The van der Waals surface area contributed by atoms with Crippen LogP contribution >= 0.6 is 0 Å². The average molecular weight is 304 g/mol. The van der Waals surface area contributed by atoms with Crippen LogP contribution < -0.4 is 9.47 Å². The van der Waals surface area contributed by atoms with Gasteiger partial charge in [0, 0.05) is 0 Å². The van der Waals surface area contributed by atoms with Gasteiger partial charge in [0.2, 0.25) is 0 Å². The summed E-state index contributed by atoms with van der Waals surface area (Å²) in [5.41, 5.74) is 3.61. The molecule has 0 unspecified atom stereocenters. The zero-order valence-corrected chi connectivity index (χ0v) is 13.2. The lowest BCUT2D eigenvalue weighted by Crippen LogP contribution is -1.98. The van der Waals surface area contributed by atoms with E-state index in [0.717, 1.165) is 17.1 Å². The minimum Gasteiger partial charge on any atom is -0.489 e. The smallest absolute Gasteiger partial charge is 0.120 e. The first-order valence-corrected chi connectivity index (χ1v) is 7.75. The molecule has 0 N–H and O–H groups in total. The highest BCUT2D eigenvalue weighted by molar-refractivity contribution is 5.32. The van der Waals surface area contributed by atoms with Crippen molar-refractivity contribution in [2.45, 2.75) is 20.1 Å². The van der Waals surface area contributed by atoms with Crippen molar-refractivity contribution in [2.24, 2.45) is 0 Å². The molecule has 3 rings (SSSR count). The first-order valence-electron chi connectivity index (χ1n) is 7.75. The minimum absolute atomic E-state index is 0.574. The molecule has 0 aromatic heterocycles. The third kappa shape index (κ3) is 4.36. The van der Waals surface area contributed by atoms with Crippen LogP contribution in [0.3, 0.4) is 0 Å². The molecular weight excluding hydrogens is 284 g/mol. The summed E-state index contributed by atoms with van der Waals surface area (Å²) in [6, 6.07) is 26.2. The zero-order chi connectivity index (χ0) is 15.9. The highest BCUT2D eigenvalue weighted by Crippen LogP contribution is 2.20. The van der Waals surface area contributed by atoms with E-state index in [1.165, 1.54) is 11.1 Å². The zero-order valence-electron chi connectivity index (χ0n) is 13.2. The molecule has 0 saturated carbocycles. The maximum atomic E-state index is 5.84. The molecule has 3 aromatic carbocycles. The molecule has 0 aliphatic heterocycles. The third-order valence-corrected chi connectivity index (χ3v) is 3.73. The van der Waals surface area contributed by atoms with Gasteiger partial charge in [-0.1, -0.05) is 54.6 Å². The second-order valence-corrected chi connectivity index (χ2v) is 5.46.